The number of rotatable bonds is 4. The van der Waals surface area contributed by atoms with E-state index in [0.717, 1.165) is 12.8 Å². The molecule has 94 valence electrons. The molecule has 2 N–H and O–H groups in total. The van der Waals surface area contributed by atoms with E-state index in [-0.39, 0.29) is 6.61 Å². The first-order chi connectivity index (χ1) is 7.59. The van der Waals surface area contributed by atoms with Gasteiger partial charge in [-0.05, 0) is 19.8 Å². The molecular formula is C9H18O5P2. The van der Waals surface area contributed by atoms with Crippen LogP contribution in [0.25, 0.3) is 0 Å². The monoisotopic (exact) mass is 268 g/mol. The summed E-state index contributed by atoms with van der Waals surface area (Å²) in [7, 11) is -2.38. The first-order valence-electron chi connectivity index (χ1n) is 5.42. The second kappa shape index (κ2) is 5.53. The Morgan fingerprint density at radius 2 is 2.25 bits per heavy atom. The van der Waals surface area contributed by atoms with Crippen LogP contribution < -0.4 is 0 Å². The second-order valence-electron chi connectivity index (χ2n) is 4.29. The molecule has 7 heteroatoms. The van der Waals surface area contributed by atoms with Gasteiger partial charge in [0.2, 0.25) is 0 Å². The molecule has 2 rings (SSSR count). The van der Waals surface area contributed by atoms with Gasteiger partial charge in [0.1, 0.15) is 6.61 Å². The predicted molar refractivity (Wildman–Crippen MR) is 62.4 cm³/mol. The Hall–Kier alpha value is 0.660. The average molecular weight is 268 g/mol. The second-order valence-corrected chi connectivity index (χ2v) is 7.60. The molecule has 0 aromatic heterocycles. The summed E-state index contributed by atoms with van der Waals surface area (Å²) in [6.07, 6.45) is 3.08. The van der Waals surface area contributed by atoms with E-state index in [4.69, 9.17) is 14.0 Å². The van der Waals surface area contributed by atoms with Crippen molar-refractivity contribution in [2.24, 2.45) is 0 Å². The van der Waals surface area contributed by atoms with Gasteiger partial charge in [0, 0.05) is 11.8 Å². The summed E-state index contributed by atoms with van der Waals surface area (Å²) in [5.74, 6) is -0.821. The first kappa shape index (κ1) is 13.1. The highest BCUT2D eigenvalue weighted by molar-refractivity contribution is 7.51. The molecule has 0 aromatic rings. The predicted octanol–water partition coefficient (Wildman–Crippen LogP) is 1.58. The molecule has 1 saturated heterocycles. The van der Waals surface area contributed by atoms with E-state index >= 15 is 0 Å². The standard InChI is InChI=1S/C9H18O5P2/c1-9(6-14-16(11)8-2-3-8)12-4-5-15(10)7-13-9/h8,10-11H,2-7H2,1H3. The van der Waals surface area contributed by atoms with E-state index in [1.165, 1.54) is 0 Å². The molecule has 0 bridgehead atoms. The topological polar surface area (TPSA) is 68.2 Å². The van der Waals surface area contributed by atoms with Gasteiger partial charge in [-0.2, -0.15) is 0 Å². The zero-order chi connectivity index (χ0) is 11.6. The van der Waals surface area contributed by atoms with Gasteiger partial charge in [-0.3, -0.25) is 0 Å². The van der Waals surface area contributed by atoms with Gasteiger partial charge in [0.25, 0.3) is 0 Å². The maximum Gasteiger partial charge on any atom is 0.189 e. The molecule has 2 fully saturated rings. The van der Waals surface area contributed by atoms with Crippen LogP contribution in [-0.2, 0) is 14.0 Å². The molecule has 0 spiro atoms. The van der Waals surface area contributed by atoms with Crippen molar-refractivity contribution in [2.75, 3.05) is 25.7 Å². The minimum Gasteiger partial charge on any atom is -0.371 e. The third kappa shape index (κ3) is 3.85. The number of hydrogen-bond acceptors (Lipinski definition) is 5. The fourth-order valence-electron chi connectivity index (χ4n) is 1.35. The summed E-state index contributed by atoms with van der Waals surface area (Å²) in [6, 6.07) is 0. The van der Waals surface area contributed by atoms with Crippen molar-refractivity contribution in [3.05, 3.63) is 0 Å². The maximum absolute atomic E-state index is 9.64. The van der Waals surface area contributed by atoms with Gasteiger partial charge < -0.3 is 23.8 Å². The molecular weight excluding hydrogens is 250 g/mol. The molecule has 0 amide bonds. The zero-order valence-electron chi connectivity index (χ0n) is 9.33. The Bertz CT molecular complexity index is 238. The van der Waals surface area contributed by atoms with Gasteiger partial charge in [-0.15, -0.1) is 0 Å². The molecule has 1 saturated carbocycles. The summed E-state index contributed by atoms with van der Waals surface area (Å²) in [6.45, 7) is 2.50. The Morgan fingerprint density at radius 3 is 2.94 bits per heavy atom. The molecule has 2 aliphatic rings. The first-order valence-corrected chi connectivity index (χ1v) is 8.36. The third-order valence-corrected chi connectivity index (χ3v) is 5.25. The van der Waals surface area contributed by atoms with Crippen molar-refractivity contribution in [3.63, 3.8) is 0 Å². The minimum absolute atomic E-state index is 0.231. The van der Waals surface area contributed by atoms with Crippen molar-refractivity contribution in [1.29, 1.82) is 0 Å². The Balaban J connectivity index is 1.76. The van der Waals surface area contributed by atoms with Gasteiger partial charge in [0.15, 0.2) is 14.2 Å². The lowest BCUT2D eigenvalue weighted by atomic mass is 10.3. The Labute approximate surface area is 97.8 Å². The summed E-state index contributed by atoms with van der Waals surface area (Å²) >= 11 is 0. The SMILES string of the molecule is CC1(COP(O)C2CC2)OCCP(O)CO1. The van der Waals surface area contributed by atoms with Crippen molar-refractivity contribution in [1.82, 2.24) is 0 Å². The highest BCUT2D eigenvalue weighted by Crippen LogP contribution is 2.51. The quantitative estimate of drug-likeness (QED) is 0.758. The molecule has 3 unspecified atom stereocenters. The van der Waals surface area contributed by atoms with Crippen molar-refractivity contribution >= 4 is 16.5 Å². The van der Waals surface area contributed by atoms with Crippen LogP contribution in [0.1, 0.15) is 19.8 Å². The summed E-state index contributed by atoms with van der Waals surface area (Å²) < 4.78 is 16.4. The van der Waals surface area contributed by atoms with Crippen LogP contribution in [0.3, 0.4) is 0 Å². The third-order valence-electron chi connectivity index (χ3n) is 2.59. The summed E-state index contributed by atoms with van der Waals surface area (Å²) in [5, 5.41) is 0. The molecule has 5 nitrogen and oxygen atoms in total. The van der Waals surface area contributed by atoms with Crippen LogP contribution in [0.4, 0.5) is 0 Å². The van der Waals surface area contributed by atoms with E-state index in [0.29, 0.717) is 24.8 Å². The number of ether oxygens (including phenoxy) is 2. The fourth-order valence-corrected chi connectivity index (χ4v) is 3.37. The molecule has 3 atom stereocenters. The molecule has 0 radical (unpaired) electrons. The maximum atomic E-state index is 9.64. The lowest BCUT2D eigenvalue weighted by Crippen LogP contribution is -2.36. The molecule has 0 aromatic carbocycles. The molecule has 1 aliphatic carbocycles. The van der Waals surface area contributed by atoms with Crippen molar-refractivity contribution in [3.8, 4) is 0 Å². The normalized spacial score (nSPS) is 38.1. The Morgan fingerprint density at radius 1 is 1.50 bits per heavy atom. The van der Waals surface area contributed by atoms with E-state index in [1.54, 1.807) is 6.92 Å². The van der Waals surface area contributed by atoms with Crippen LogP contribution in [0.15, 0.2) is 0 Å². The van der Waals surface area contributed by atoms with E-state index in [1.807, 2.05) is 0 Å². The highest BCUT2D eigenvalue weighted by Gasteiger charge is 2.36. The molecule has 1 heterocycles. The molecule has 1 aliphatic heterocycles. The van der Waals surface area contributed by atoms with Gasteiger partial charge >= 0.3 is 0 Å². The fraction of sp³-hybridized carbons (Fsp3) is 1.00. The minimum atomic E-state index is -1.32. The van der Waals surface area contributed by atoms with E-state index in [9.17, 15) is 9.79 Å². The van der Waals surface area contributed by atoms with Crippen LogP contribution in [0.5, 0.6) is 0 Å². The van der Waals surface area contributed by atoms with Crippen LogP contribution in [-0.4, -0.2) is 47.0 Å². The lowest BCUT2D eigenvalue weighted by molar-refractivity contribution is -0.223. The van der Waals surface area contributed by atoms with Crippen molar-refractivity contribution < 1.29 is 23.8 Å². The zero-order valence-corrected chi connectivity index (χ0v) is 11.1. The van der Waals surface area contributed by atoms with Gasteiger partial charge in [-0.1, -0.05) is 0 Å². The number of hydrogen-bond donors (Lipinski definition) is 2. The summed E-state index contributed by atoms with van der Waals surface area (Å²) in [5.41, 5.74) is 0.347. The van der Waals surface area contributed by atoms with Crippen LogP contribution in [0.2, 0.25) is 0 Å². The summed E-state index contributed by atoms with van der Waals surface area (Å²) in [4.78, 5) is 19.1. The van der Waals surface area contributed by atoms with Crippen molar-refractivity contribution in [2.45, 2.75) is 31.2 Å². The van der Waals surface area contributed by atoms with Gasteiger partial charge in [-0.25, -0.2) is 0 Å². The van der Waals surface area contributed by atoms with E-state index < -0.39 is 22.3 Å². The Kier molecular flexibility index (Phi) is 4.53. The van der Waals surface area contributed by atoms with Crippen LogP contribution in [0, 0.1) is 0 Å². The largest absolute Gasteiger partial charge is 0.371 e. The van der Waals surface area contributed by atoms with E-state index in [2.05, 4.69) is 0 Å². The van der Waals surface area contributed by atoms with Gasteiger partial charge in [0.05, 0.1) is 21.1 Å². The smallest absolute Gasteiger partial charge is 0.189 e. The average Bonchev–Trinajstić information content (AvgIpc) is 3.06. The highest BCUT2D eigenvalue weighted by atomic mass is 31.2. The lowest BCUT2D eigenvalue weighted by Gasteiger charge is -2.28. The molecule has 16 heavy (non-hydrogen) atoms. The van der Waals surface area contributed by atoms with Crippen LogP contribution >= 0.6 is 16.5 Å².